The Hall–Kier alpha value is -0.240. The van der Waals surface area contributed by atoms with Crippen LogP contribution in [0.4, 0.5) is 0 Å². The van der Waals surface area contributed by atoms with Gasteiger partial charge in [0.05, 0.1) is 11.5 Å². The molecule has 0 bridgehead atoms. The van der Waals surface area contributed by atoms with Crippen LogP contribution in [0.25, 0.3) is 0 Å². The fourth-order valence-electron chi connectivity index (χ4n) is 2.58. The zero-order valence-corrected chi connectivity index (χ0v) is 11.4. The second-order valence-electron chi connectivity index (χ2n) is 5.19. The number of benzene rings is 1. The molecule has 0 amide bonds. The Morgan fingerprint density at radius 2 is 2.00 bits per heavy atom. The number of hydrogen-bond acceptors (Lipinski definition) is 1. The predicted octanol–water partition coefficient (Wildman–Crippen LogP) is 3.99. The van der Waals surface area contributed by atoms with Crippen LogP contribution in [0.3, 0.4) is 0 Å². The van der Waals surface area contributed by atoms with E-state index in [0.29, 0.717) is 0 Å². The smallest absolute Gasteiger partial charge is 0.115 e. The first-order chi connectivity index (χ1) is 8.09. The standard InChI is InChI=1S/C14H16Cl2O/c1-2-10-7-12(15)4-3-11(10)8-14(9-17-14)13(16)5-6-13/h3-4,7H,2,5-6,8-9H2,1H3. The first-order valence-corrected chi connectivity index (χ1v) is 6.94. The summed E-state index contributed by atoms with van der Waals surface area (Å²) in [6, 6.07) is 6.13. The zero-order valence-electron chi connectivity index (χ0n) is 9.93. The number of alkyl halides is 1. The molecule has 1 nitrogen and oxygen atoms in total. The van der Waals surface area contributed by atoms with Crippen LogP contribution in [-0.2, 0) is 17.6 Å². The van der Waals surface area contributed by atoms with Gasteiger partial charge in [-0.3, -0.25) is 0 Å². The molecule has 92 valence electrons. The van der Waals surface area contributed by atoms with E-state index in [4.69, 9.17) is 27.9 Å². The average Bonchev–Trinajstić information content (AvgIpc) is 3.20. The number of epoxide rings is 1. The number of rotatable bonds is 4. The lowest BCUT2D eigenvalue weighted by Gasteiger charge is -2.19. The van der Waals surface area contributed by atoms with E-state index in [0.717, 1.165) is 37.3 Å². The average molecular weight is 271 g/mol. The van der Waals surface area contributed by atoms with Crippen molar-refractivity contribution < 1.29 is 4.74 Å². The SMILES string of the molecule is CCc1cc(Cl)ccc1CC1(C2(Cl)CC2)CO1. The van der Waals surface area contributed by atoms with Crippen LogP contribution < -0.4 is 0 Å². The fourth-order valence-corrected chi connectivity index (χ4v) is 3.04. The minimum atomic E-state index is -0.0910. The molecule has 1 aliphatic heterocycles. The number of halogens is 2. The number of aryl methyl sites for hydroxylation is 1. The monoisotopic (exact) mass is 270 g/mol. The van der Waals surface area contributed by atoms with Crippen LogP contribution in [0.15, 0.2) is 18.2 Å². The highest BCUT2D eigenvalue weighted by atomic mass is 35.5. The van der Waals surface area contributed by atoms with Crippen molar-refractivity contribution in [2.24, 2.45) is 0 Å². The summed E-state index contributed by atoms with van der Waals surface area (Å²) in [5.74, 6) is 0. The third-order valence-electron chi connectivity index (χ3n) is 4.02. The molecule has 1 heterocycles. The summed E-state index contributed by atoms with van der Waals surface area (Å²) in [4.78, 5) is -0.0857. The molecule has 2 fully saturated rings. The van der Waals surface area contributed by atoms with E-state index in [-0.39, 0.29) is 10.5 Å². The maximum Gasteiger partial charge on any atom is 0.115 e. The van der Waals surface area contributed by atoms with Gasteiger partial charge in [-0.25, -0.2) is 0 Å². The van der Waals surface area contributed by atoms with Crippen LogP contribution in [0, 0.1) is 0 Å². The van der Waals surface area contributed by atoms with E-state index in [2.05, 4.69) is 19.1 Å². The van der Waals surface area contributed by atoms with Crippen molar-refractivity contribution in [3.05, 3.63) is 34.3 Å². The van der Waals surface area contributed by atoms with E-state index in [9.17, 15) is 0 Å². The van der Waals surface area contributed by atoms with Gasteiger partial charge >= 0.3 is 0 Å². The summed E-state index contributed by atoms with van der Waals surface area (Å²) < 4.78 is 5.69. The maximum absolute atomic E-state index is 6.52. The van der Waals surface area contributed by atoms with E-state index in [1.165, 1.54) is 11.1 Å². The highest BCUT2D eigenvalue weighted by Gasteiger charge is 2.66. The van der Waals surface area contributed by atoms with Gasteiger partial charge in [-0.2, -0.15) is 0 Å². The van der Waals surface area contributed by atoms with Gasteiger partial charge in [0.2, 0.25) is 0 Å². The van der Waals surface area contributed by atoms with Crippen molar-refractivity contribution in [2.45, 2.75) is 43.1 Å². The quantitative estimate of drug-likeness (QED) is 0.596. The normalized spacial score (nSPS) is 29.1. The molecule has 3 heteroatoms. The molecule has 1 saturated carbocycles. The van der Waals surface area contributed by atoms with Gasteiger partial charge in [0.1, 0.15) is 5.60 Å². The minimum Gasteiger partial charge on any atom is -0.367 e. The molecule has 1 aromatic rings. The Morgan fingerprint density at radius 1 is 1.29 bits per heavy atom. The van der Waals surface area contributed by atoms with E-state index < -0.39 is 0 Å². The van der Waals surface area contributed by atoms with Gasteiger partial charge in [0.25, 0.3) is 0 Å². The van der Waals surface area contributed by atoms with Crippen molar-refractivity contribution in [1.29, 1.82) is 0 Å². The molecule has 1 atom stereocenters. The van der Waals surface area contributed by atoms with Gasteiger partial charge in [-0.1, -0.05) is 24.6 Å². The number of hydrogen-bond donors (Lipinski definition) is 0. The highest BCUT2D eigenvalue weighted by molar-refractivity contribution is 6.30. The minimum absolute atomic E-state index is 0.0857. The molecular weight excluding hydrogens is 255 g/mol. The van der Waals surface area contributed by atoms with E-state index in [1.807, 2.05) is 6.07 Å². The summed E-state index contributed by atoms with van der Waals surface area (Å²) in [6.45, 7) is 2.96. The Bertz CT molecular complexity index is 448. The summed E-state index contributed by atoms with van der Waals surface area (Å²) in [5, 5.41) is 0.809. The molecule has 1 saturated heterocycles. The van der Waals surface area contributed by atoms with Crippen LogP contribution in [0.2, 0.25) is 5.02 Å². The second-order valence-corrected chi connectivity index (χ2v) is 6.35. The Kier molecular flexibility index (Phi) is 2.70. The molecule has 3 rings (SSSR count). The first kappa shape index (κ1) is 11.8. The van der Waals surface area contributed by atoms with Gasteiger partial charge < -0.3 is 4.74 Å². The highest BCUT2D eigenvalue weighted by Crippen LogP contribution is 2.59. The molecule has 17 heavy (non-hydrogen) atoms. The van der Waals surface area contributed by atoms with Gasteiger partial charge in [0.15, 0.2) is 0 Å². The van der Waals surface area contributed by atoms with Gasteiger partial charge in [-0.05, 0) is 42.5 Å². The molecule has 0 N–H and O–H groups in total. The Balaban J connectivity index is 1.86. The third-order valence-corrected chi connectivity index (χ3v) is 4.98. The molecule has 1 aliphatic carbocycles. The molecule has 0 aromatic heterocycles. The van der Waals surface area contributed by atoms with Crippen LogP contribution in [0.5, 0.6) is 0 Å². The Morgan fingerprint density at radius 3 is 2.53 bits per heavy atom. The van der Waals surface area contributed by atoms with Crippen LogP contribution in [0.1, 0.15) is 30.9 Å². The van der Waals surface area contributed by atoms with Crippen LogP contribution in [-0.4, -0.2) is 17.1 Å². The van der Waals surface area contributed by atoms with Crippen molar-refractivity contribution in [2.75, 3.05) is 6.61 Å². The van der Waals surface area contributed by atoms with Gasteiger partial charge in [0, 0.05) is 11.4 Å². The van der Waals surface area contributed by atoms with Gasteiger partial charge in [-0.15, -0.1) is 11.6 Å². The zero-order chi connectivity index (χ0) is 12.1. The lowest BCUT2D eigenvalue weighted by atomic mass is 9.91. The van der Waals surface area contributed by atoms with Crippen molar-refractivity contribution >= 4 is 23.2 Å². The van der Waals surface area contributed by atoms with Crippen LogP contribution >= 0.6 is 23.2 Å². The summed E-state index contributed by atoms with van der Waals surface area (Å²) in [7, 11) is 0. The largest absolute Gasteiger partial charge is 0.367 e. The summed E-state index contributed by atoms with van der Waals surface area (Å²) in [6.07, 6.45) is 4.10. The molecule has 0 spiro atoms. The maximum atomic E-state index is 6.52. The summed E-state index contributed by atoms with van der Waals surface area (Å²) >= 11 is 12.6. The molecule has 0 radical (unpaired) electrons. The lowest BCUT2D eigenvalue weighted by Crippen LogP contribution is -2.30. The Labute approximate surface area is 112 Å². The van der Waals surface area contributed by atoms with E-state index in [1.54, 1.807) is 0 Å². The fraction of sp³-hybridized carbons (Fsp3) is 0.571. The predicted molar refractivity (Wildman–Crippen MR) is 71.0 cm³/mol. The third kappa shape index (κ3) is 1.99. The second kappa shape index (κ2) is 3.88. The molecular formula is C14H16Cl2O. The first-order valence-electron chi connectivity index (χ1n) is 6.19. The number of ether oxygens (including phenoxy) is 1. The van der Waals surface area contributed by atoms with Crippen molar-refractivity contribution in [3.8, 4) is 0 Å². The lowest BCUT2D eigenvalue weighted by molar-refractivity contribution is 0.284. The molecule has 1 unspecified atom stereocenters. The topological polar surface area (TPSA) is 12.5 Å². The molecule has 1 aromatic carbocycles. The van der Waals surface area contributed by atoms with Crippen molar-refractivity contribution in [3.63, 3.8) is 0 Å². The molecule has 2 aliphatic rings. The van der Waals surface area contributed by atoms with E-state index >= 15 is 0 Å². The summed E-state index contributed by atoms with van der Waals surface area (Å²) in [5.41, 5.74) is 2.56. The van der Waals surface area contributed by atoms with Crippen molar-refractivity contribution in [1.82, 2.24) is 0 Å².